The molecule has 2 aromatic rings. The van der Waals surface area contributed by atoms with Crippen LogP contribution in [-0.4, -0.2) is 16.3 Å². The molecule has 0 bridgehead atoms. The van der Waals surface area contributed by atoms with Crippen LogP contribution in [0.15, 0.2) is 33.3 Å². The van der Waals surface area contributed by atoms with Crippen LogP contribution in [-0.2, 0) is 4.74 Å². The van der Waals surface area contributed by atoms with Crippen LogP contribution in [0.1, 0.15) is 20.8 Å². The van der Waals surface area contributed by atoms with Crippen molar-refractivity contribution in [3.8, 4) is 11.3 Å². The highest BCUT2D eigenvalue weighted by atomic mass is 79.9. The first-order chi connectivity index (χ1) is 10.1. The van der Waals surface area contributed by atoms with E-state index >= 15 is 0 Å². The Morgan fingerprint density at radius 2 is 1.86 bits per heavy atom. The number of rotatable bonds is 1. The van der Waals surface area contributed by atoms with E-state index in [1.807, 2.05) is 0 Å². The molecule has 0 radical (unpaired) electrons. The molecule has 0 fully saturated rings. The topological polar surface area (TPSA) is 31.2 Å². The minimum absolute atomic E-state index is 0.140. The van der Waals surface area contributed by atoms with E-state index in [1.165, 1.54) is 16.8 Å². The summed E-state index contributed by atoms with van der Waals surface area (Å²) in [5, 5.41) is 0.197. The maximum Gasteiger partial charge on any atom is 0.419 e. The van der Waals surface area contributed by atoms with E-state index < -0.39 is 17.5 Å². The van der Waals surface area contributed by atoms with Crippen molar-refractivity contribution >= 4 is 49.6 Å². The summed E-state index contributed by atoms with van der Waals surface area (Å²) in [6.07, 6.45) is 0.910. The van der Waals surface area contributed by atoms with Gasteiger partial charge in [0.2, 0.25) is 0 Å². The first-order valence-corrected chi connectivity index (χ1v) is 8.31. The Morgan fingerprint density at radius 1 is 1.23 bits per heavy atom. The third-order valence-electron chi connectivity index (χ3n) is 2.64. The molecular weight excluding hydrogens is 440 g/mol. The summed E-state index contributed by atoms with van der Waals surface area (Å²) in [7, 11) is 0. The molecule has 0 aliphatic carbocycles. The lowest BCUT2D eigenvalue weighted by Crippen LogP contribution is -2.27. The fourth-order valence-corrected chi connectivity index (χ4v) is 3.16. The maximum absolute atomic E-state index is 14.3. The summed E-state index contributed by atoms with van der Waals surface area (Å²) >= 11 is 12.6. The van der Waals surface area contributed by atoms with E-state index in [2.05, 4.69) is 31.9 Å². The lowest BCUT2D eigenvalue weighted by molar-refractivity contribution is 0.0540. The van der Waals surface area contributed by atoms with Crippen LogP contribution in [0.4, 0.5) is 9.18 Å². The van der Waals surface area contributed by atoms with Gasteiger partial charge in [-0.1, -0.05) is 27.5 Å². The number of ether oxygens (including phenoxy) is 1. The summed E-state index contributed by atoms with van der Waals surface area (Å²) in [4.78, 5) is 12.3. The van der Waals surface area contributed by atoms with E-state index in [0.717, 1.165) is 0 Å². The summed E-state index contributed by atoms with van der Waals surface area (Å²) in [6, 6.07) is 4.48. The number of carbonyl (C=O) groups excluding carboxylic acids is 1. The molecule has 0 spiro atoms. The van der Waals surface area contributed by atoms with Crippen LogP contribution >= 0.6 is 43.5 Å². The van der Waals surface area contributed by atoms with Gasteiger partial charge in [-0.2, -0.15) is 0 Å². The van der Waals surface area contributed by atoms with Gasteiger partial charge in [-0.05, 0) is 54.9 Å². The lowest BCUT2D eigenvalue weighted by atomic mass is 10.1. The Hall–Kier alpha value is -0.850. The highest BCUT2D eigenvalue weighted by Crippen LogP contribution is 2.35. The van der Waals surface area contributed by atoms with Crippen LogP contribution in [0.25, 0.3) is 11.3 Å². The van der Waals surface area contributed by atoms with Crippen molar-refractivity contribution in [2.45, 2.75) is 26.4 Å². The second-order valence-corrected chi connectivity index (χ2v) is 7.88. The smallest absolute Gasteiger partial charge is 0.419 e. The molecule has 1 aromatic carbocycles. The molecule has 0 atom stereocenters. The summed E-state index contributed by atoms with van der Waals surface area (Å²) in [6.45, 7) is 5.28. The third kappa shape index (κ3) is 3.91. The second kappa shape index (κ2) is 6.34. The second-order valence-electron chi connectivity index (χ2n) is 5.64. The molecule has 0 amide bonds. The third-order valence-corrected chi connectivity index (χ3v) is 3.83. The summed E-state index contributed by atoms with van der Waals surface area (Å²) in [5.41, 5.74) is -0.204. The van der Waals surface area contributed by atoms with E-state index in [1.54, 1.807) is 32.9 Å². The number of benzene rings is 1. The van der Waals surface area contributed by atoms with E-state index in [-0.39, 0.29) is 10.6 Å². The van der Waals surface area contributed by atoms with Crippen molar-refractivity contribution in [1.82, 2.24) is 4.57 Å². The average Bonchev–Trinajstić information content (AvgIpc) is 2.67. The number of carbonyl (C=O) groups is 1. The Kier molecular flexibility index (Phi) is 5.04. The molecule has 0 aliphatic rings. The Labute approximate surface area is 149 Å². The van der Waals surface area contributed by atoms with Gasteiger partial charge in [0.1, 0.15) is 11.4 Å². The molecule has 0 N–H and O–H groups in total. The van der Waals surface area contributed by atoms with Crippen molar-refractivity contribution in [1.29, 1.82) is 0 Å². The van der Waals surface area contributed by atoms with Crippen LogP contribution in [0.2, 0.25) is 5.02 Å². The van der Waals surface area contributed by atoms with Gasteiger partial charge in [0.25, 0.3) is 0 Å². The zero-order chi connectivity index (χ0) is 16.7. The summed E-state index contributed by atoms with van der Waals surface area (Å²) in [5.74, 6) is -0.533. The molecule has 2 rings (SSSR count). The van der Waals surface area contributed by atoms with Crippen LogP contribution < -0.4 is 0 Å². The molecule has 0 aliphatic heterocycles. The highest BCUT2D eigenvalue weighted by Gasteiger charge is 2.23. The first-order valence-electron chi connectivity index (χ1n) is 6.34. The molecule has 1 aromatic heterocycles. The minimum atomic E-state index is -0.660. The number of aromatic nitrogens is 1. The van der Waals surface area contributed by atoms with Gasteiger partial charge in [0, 0.05) is 15.1 Å². The van der Waals surface area contributed by atoms with Crippen molar-refractivity contribution in [3.05, 3.63) is 44.2 Å². The summed E-state index contributed by atoms with van der Waals surface area (Å²) < 4.78 is 22.0. The Bertz CT molecular complexity index is 715. The van der Waals surface area contributed by atoms with E-state index in [9.17, 15) is 9.18 Å². The molecular formula is C15H13Br2ClFNO2. The number of halogens is 4. The number of hydrogen-bond acceptors (Lipinski definition) is 2. The van der Waals surface area contributed by atoms with E-state index in [0.29, 0.717) is 14.6 Å². The molecule has 118 valence electrons. The van der Waals surface area contributed by atoms with Crippen molar-refractivity contribution in [2.75, 3.05) is 0 Å². The number of nitrogens with zero attached hydrogens (tertiary/aromatic N) is 1. The standard InChI is InChI=1S/C15H13Br2ClFNO2/c1-15(2,3)22-14(21)20-7-9(17)6-12(20)13-10(18)4-8(16)5-11(13)19/h4-7H,1-3H3. The first kappa shape index (κ1) is 17.5. The van der Waals surface area contributed by atoms with Gasteiger partial charge >= 0.3 is 6.09 Å². The molecule has 1 heterocycles. The van der Waals surface area contributed by atoms with Crippen molar-refractivity contribution in [3.63, 3.8) is 0 Å². The predicted octanol–water partition coefficient (Wildman–Crippen LogP) is 6.26. The molecule has 7 heteroatoms. The molecule has 22 heavy (non-hydrogen) atoms. The SMILES string of the molecule is CC(C)(C)OC(=O)n1cc(Br)cc1-c1c(F)cc(Br)cc1Cl. The van der Waals surface area contributed by atoms with E-state index in [4.69, 9.17) is 16.3 Å². The van der Waals surface area contributed by atoms with Crippen LogP contribution in [0.5, 0.6) is 0 Å². The zero-order valence-corrected chi connectivity index (χ0v) is 16.0. The fourth-order valence-electron chi connectivity index (χ4n) is 1.87. The van der Waals surface area contributed by atoms with Crippen LogP contribution in [0.3, 0.4) is 0 Å². The predicted molar refractivity (Wildman–Crippen MR) is 91.9 cm³/mol. The normalized spacial score (nSPS) is 11.6. The quantitative estimate of drug-likeness (QED) is 0.511. The van der Waals surface area contributed by atoms with Crippen molar-refractivity contribution < 1.29 is 13.9 Å². The lowest BCUT2D eigenvalue weighted by Gasteiger charge is -2.20. The van der Waals surface area contributed by atoms with Gasteiger partial charge in [-0.15, -0.1) is 0 Å². The zero-order valence-electron chi connectivity index (χ0n) is 12.1. The highest BCUT2D eigenvalue weighted by molar-refractivity contribution is 9.10. The van der Waals surface area contributed by atoms with Gasteiger partial charge in [-0.25, -0.2) is 9.18 Å². The van der Waals surface area contributed by atoms with Gasteiger partial charge in [-0.3, -0.25) is 4.57 Å². The molecule has 0 saturated heterocycles. The Balaban J connectivity index is 2.57. The maximum atomic E-state index is 14.3. The van der Waals surface area contributed by atoms with Gasteiger partial charge < -0.3 is 4.74 Å². The average molecular weight is 454 g/mol. The van der Waals surface area contributed by atoms with Gasteiger partial charge in [0.05, 0.1) is 16.3 Å². The fraction of sp³-hybridized carbons (Fsp3) is 0.267. The van der Waals surface area contributed by atoms with Crippen molar-refractivity contribution in [2.24, 2.45) is 0 Å². The number of hydrogen-bond donors (Lipinski definition) is 0. The van der Waals surface area contributed by atoms with Crippen LogP contribution in [0, 0.1) is 5.82 Å². The molecule has 0 unspecified atom stereocenters. The molecule has 0 saturated carbocycles. The Morgan fingerprint density at radius 3 is 2.41 bits per heavy atom. The van der Waals surface area contributed by atoms with Gasteiger partial charge in [0.15, 0.2) is 0 Å². The monoisotopic (exact) mass is 451 g/mol. The largest absolute Gasteiger partial charge is 0.443 e. The minimum Gasteiger partial charge on any atom is -0.443 e. The molecule has 3 nitrogen and oxygen atoms in total.